The molecule has 0 radical (unpaired) electrons. The van der Waals surface area contributed by atoms with Gasteiger partial charge in [-0.1, -0.05) is 168 Å². The van der Waals surface area contributed by atoms with E-state index in [1.165, 1.54) is 128 Å². The van der Waals surface area contributed by atoms with Crippen molar-refractivity contribution in [2.24, 2.45) is 5.73 Å². The molecule has 2 N–H and O–H groups in total. The average molecular weight is 604 g/mol. The molecule has 0 aliphatic carbocycles. The van der Waals surface area contributed by atoms with Gasteiger partial charge in [0, 0.05) is 24.0 Å². The minimum absolute atomic E-state index is 0.00976. The fourth-order valence-corrected chi connectivity index (χ4v) is 7.15. The van der Waals surface area contributed by atoms with Gasteiger partial charge in [-0.25, -0.2) is 0 Å². The number of nitrogens with two attached hydrogens (primary N) is 1. The van der Waals surface area contributed by atoms with E-state index in [0.29, 0.717) is 29.3 Å². The van der Waals surface area contributed by atoms with Crippen molar-refractivity contribution in [3.8, 4) is 0 Å². The Morgan fingerprint density at radius 3 is 1.14 bits per heavy atom. The lowest BCUT2D eigenvalue weighted by atomic mass is 9.96. The van der Waals surface area contributed by atoms with Gasteiger partial charge >= 0.3 is 0 Å². The SMILES string of the molecule is CCCCCCCCCCCCCCCC(=O)c1c[pH]c(C(N)=O)c1C(=O)CCCCCCCCCCCCCCC. The summed E-state index contributed by atoms with van der Waals surface area (Å²) in [6.45, 7) is 4.52. The van der Waals surface area contributed by atoms with Crippen LogP contribution in [0.5, 0.6) is 0 Å². The third-order valence-corrected chi connectivity index (χ3v) is 9.94. The van der Waals surface area contributed by atoms with Crippen molar-refractivity contribution in [2.75, 3.05) is 0 Å². The molecule has 1 atom stereocenters. The van der Waals surface area contributed by atoms with Crippen LogP contribution in [0.2, 0.25) is 0 Å². The van der Waals surface area contributed by atoms with E-state index in [0.717, 1.165) is 38.5 Å². The molecule has 242 valence electrons. The number of rotatable bonds is 31. The second kappa shape index (κ2) is 27.2. The quantitative estimate of drug-likeness (QED) is 0.0677. The lowest BCUT2D eigenvalue weighted by Crippen LogP contribution is -2.16. The Hall–Kier alpha value is -1.41. The second-order valence-electron chi connectivity index (χ2n) is 12.6. The van der Waals surface area contributed by atoms with Gasteiger partial charge in [0.2, 0.25) is 0 Å². The van der Waals surface area contributed by atoms with Gasteiger partial charge in [-0.05, 0) is 18.6 Å². The fraction of sp³-hybridized carbons (Fsp3) is 0.811. The molecule has 1 rings (SSSR count). The molecule has 1 heterocycles. The number of primary amides is 1. The molecular weight excluding hydrogens is 537 g/mol. The van der Waals surface area contributed by atoms with Gasteiger partial charge in [0.05, 0.1) is 5.30 Å². The van der Waals surface area contributed by atoms with E-state index >= 15 is 0 Å². The van der Waals surface area contributed by atoms with Crippen molar-refractivity contribution in [3.05, 3.63) is 22.2 Å². The van der Waals surface area contributed by atoms with Crippen LogP contribution >= 0.6 is 8.19 Å². The number of hydrogen-bond donors (Lipinski definition) is 1. The Balaban J connectivity index is 2.23. The molecule has 42 heavy (non-hydrogen) atoms. The third-order valence-electron chi connectivity index (χ3n) is 8.72. The lowest BCUT2D eigenvalue weighted by Gasteiger charge is -2.07. The van der Waals surface area contributed by atoms with Gasteiger partial charge < -0.3 is 5.73 Å². The highest BCUT2D eigenvalue weighted by Crippen LogP contribution is 2.30. The van der Waals surface area contributed by atoms with Crippen LogP contribution in [0.3, 0.4) is 0 Å². The molecule has 4 nitrogen and oxygen atoms in total. The minimum Gasteiger partial charge on any atom is -0.365 e. The number of carbonyl (C=O) groups excluding carboxylic acids is 3. The molecule has 0 aromatic carbocycles. The van der Waals surface area contributed by atoms with Crippen LogP contribution < -0.4 is 5.73 Å². The van der Waals surface area contributed by atoms with Crippen molar-refractivity contribution >= 4 is 25.7 Å². The lowest BCUT2D eigenvalue weighted by molar-refractivity contribution is 0.0939. The van der Waals surface area contributed by atoms with E-state index in [9.17, 15) is 14.4 Å². The van der Waals surface area contributed by atoms with E-state index in [2.05, 4.69) is 13.8 Å². The number of amides is 1. The first-order chi connectivity index (χ1) is 20.5. The molecule has 5 heteroatoms. The van der Waals surface area contributed by atoms with E-state index in [4.69, 9.17) is 5.73 Å². The van der Waals surface area contributed by atoms with E-state index in [-0.39, 0.29) is 19.8 Å². The summed E-state index contributed by atoms with van der Waals surface area (Å²) in [5, 5.41) is 0.364. The number of unbranched alkanes of at least 4 members (excludes halogenated alkanes) is 24. The maximum absolute atomic E-state index is 13.1. The van der Waals surface area contributed by atoms with Crippen molar-refractivity contribution in [1.82, 2.24) is 0 Å². The first-order valence-corrected chi connectivity index (χ1v) is 19.2. The summed E-state index contributed by atoms with van der Waals surface area (Å²) in [4.78, 5) is 38.2. The van der Waals surface area contributed by atoms with Crippen LogP contribution in [0.1, 0.15) is 224 Å². The summed E-state index contributed by atoms with van der Waals surface area (Å²) in [5.74, 6) is 1.18. The maximum Gasteiger partial charge on any atom is 0.253 e. The Bertz CT molecular complexity index is 831. The van der Waals surface area contributed by atoms with Crippen LogP contribution in [-0.4, -0.2) is 17.5 Å². The van der Waals surface area contributed by atoms with Crippen molar-refractivity contribution < 1.29 is 14.4 Å². The summed E-state index contributed by atoms with van der Waals surface area (Å²) >= 11 is 0. The van der Waals surface area contributed by atoms with Crippen LogP contribution in [0.4, 0.5) is 0 Å². The highest BCUT2D eigenvalue weighted by Gasteiger charge is 2.24. The average Bonchev–Trinajstić information content (AvgIpc) is 3.44. The molecule has 0 saturated heterocycles. The normalized spacial score (nSPS) is 11.5. The first-order valence-electron chi connectivity index (χ1n) is 18.1. The number of carbonyl (C=O) groups is 3. The molecule has 0 bridgehead atoms. The molecule has 0 fully saturated rings. The summed E-state index contributed by atoms with van der Waals surface area (Å²) in [7, 11) is 0.0360. The van der Waals surface area contributed by atoms with Crippen LogP contribution in [0.25, 0.3) is 0 Å². The second-order valence-corrected chi connectivity index (χ2v) is 13.7. The minimum atomic E-state index is -0.554. The van der Waals surface area contributed by atoms with Gasteiger partial charge in [0.1, 0.15) is 0 Å². The Morgan fingerprint density at radius 1 is 0.500 bits per heavy atom. The van der Waals surface area contributed by atoms with E-state index < -0.39 is 5.91 Å². The van der Waals surface area contributed by atoms with Crippen molar-refractivity contribution in [2.45, 2.75) is 194 Å². The number of Topliss-reactive ketones (excluding diaryl/α,β-unsaturated/α-hetero) is 2. The molecule has 1 amide bonds. The molecule has 1 aromatic rings. The monoisotopic (exact) mass is 603 g/mol. The zero-order chi connectivity index (χ0) is 30.7. The molecule has 0 saturated carbocycles. The third kappa shape index (κ3) is 19.0. The van der Waals surface area contributed by atoms with Crippen molar-refractivity contribution in [1.29, 1.82) is 0 Å². The maximum atomic E-state index is 13.1. The van der Waals surface area contributed by atoms with E-state index in [1.807, 2.05) is 0 Å². The standard InChI is InChI=1S/C37H66NO3P/c1-3-5-7-9-11-13-15-17-19-21-23-25-27-29-33(39)32-31-42-36(37(38)41)35(32)34(40)30-28-26-24-22-20-18-16-14-12-10-8-6-4-2/h31,42H,3-30H2,1-2H3,(H2,38,41). The molecular formula is C37H66NO3P. The van der Waals surface area contributed by atoms with Crippen LogP contribution in [-0.2, 0) is 0 Å². The Kier molecular flexibility index (Phi) is 25.0. The largest absolute Gasteiger partial charge is 0.365 e. The van der Waals surface area contributed by atoms with Crippen molar-refractivity contribution in [3.63, 3.8) is 0 Å². The number of ketones is 2. The van der Waals surface area contributed by atoms with E-state index in [1.54, 1.807) is 5.80 Å². The molecule has 0 aliphatic rings. The highest BCUT2D eigenvalue weighted by molar-refractivity contribution is 7.32. The van der Waals surface area contributed by atoms with Gasteiger partial charge in [0.15, 0.2) is 11.6 Å². The van der Waals surface area contributed by atoms with Gasteiger partial charge in [0.25, 0.3) is 5.91 Å². The summed E-state index contributed by atoms with van der Waals surface area (Å²) in [6.07, 6.45) is 33.7. The highest BCUT2D eigenvalue weighted by atomic mass is 31.0. The van der Waals surface area contributed by atoms with Crippen LogP contribution in [0, 0.1) is 0 Å². The molecule has 1 unspecified atom stereocenters. The Labute approximate surface area is 261 Å². The zero-order valence-corrected chi connectivity index (χ0v) is 28.7. The molecule has 0 aliphatic heterocycles. The predicted molar refractivity (Wildman–Crippen MR) is 184 cm³/mol. The predicted octanol–water partition coefficient (Wildman–Crippen LogP) is 12.1. The fourth-order valence-electron chi connectivity index (χ4n) is 5.99. The van der Waals surface area contributed by atoms with Gasteiger partial charge in [-0.2, -0.15) is 0 Å². The smallest absolute Gasteiger partial charge is 0.253 e. The molecule has 1 aromatic heterocycles. The molecule has 0 spiro atoms. The Morgan fingerprint density at radius 2 is 0.810 bits per heavy atom. The topological polar surface area (TPSA) is 77.2 Å². The first kappa shape index (κ1) is 38.6. The van der Waals surface area contributed by atoms with Gasteiger partial charge in [-0.15, -0.1) is 8.19 Å². The zero-order valence-electron chi connectivity index (χ0n) is 27.7. The van der Waals surface area contributed by atoms with Gasteiger partial charge in [-0.3, -0.25) is 14.4 Å². The summed E-state index contributed by atoms with van der Waals surface area (Å²) in [5.41, 5.74) is 6.42. The summed E-state index contributed by atoms with van der Waals surface area (Å²) < 4.78 is 0. The summed E-state index contributed by atoms with van der Waals surface area (Å²) in [6, 6.07) is 0. The van der Waals surface area contributed by atoms with Crippen LogP contribution in [0.15, 0.2) is 5.80 Å². The number of hydrogen-bond acceptors (Lipinski definition) is 3.